The molecule has 1 N–H and O–H groups in total. The van der Waals surface area contributed by atoms with E-state index in [2.05, 4.69) is 17.1 Å². The number of amides is 1. The lowest BCUT2D eigenvalue weighted by Gasteiger charge is -2.33. The highest BCUT2D eigenvalue weighted by Gasteiger charge is 2.17. The number of nitrogens with zero attached hydrogens (tertiary/aromatic N) is 1. The lowest BCUT2D eigenvalue weighted by molar-refractivity contribution is 0.0951. The minimum absolute atomic E-state index is 0.00693. The number of unbranched alkanes of at least 4 members (excludes halogenated alkanes) is 1. The van der Waals surface area contributed by atoms with Gasteiger partial charge in [-0.15, -0.1) is 0 Å². The molecule has 0 spiro atoms. The number of hydrogen-bond donors (Lipinski definition) is 1. The fourth-order valence-corrected chi connectivity index (χ4v) is 3.34. The van der Waals surface area contributed by atoms with E-state index < -0.39 is 0 Å². The molecule has 0 radical (unpaired) electrons. The Hall–Kier alpha value is -1.55. The summed E-state index contributed by atoms with van der Waals surface area (Å²) < 4.78 is 5.51. The highest BCUT2D eigenvalue weighted by molar-refractivity contribution is 5.94. The van der Waals surface area contributed by atoms with Crippen LogP contribution >= 0.6 is 0 Å². The van der Waals surface area contributed by atoms with Gasteiger partial charge in [-0.1, -0.05) is 6.42 Å². The summed E-state index contributed by atoms with van der Waals surface area (Å²) in [5, 5.41) is 3.03. The van der Waals surface area contributed by atoms with Crippen LogP contribution in [0.1, 0.15) is 61.9 Å². The zero-order valence-corrected chi connectivity index (χ0v) is 15.4. The Balaban J connectivity index is 1.68. The van der Waals surface area contributed by atoms with Gasteiger partial charge in [0.25, 0.3) is 5.91 Å². The maximum Gasteiger partial charge on any atom is 0.251 e. The summed E-state index contributed by atoms with van der Waals surface area (Å²) in [5.74, 6) is 0.859. The molecule has 0 aliphatic carbocycles. The van der Waals surface area contributed by atoms with Gasteiger partial charge < -0.3 is 15.0 Å². The molecule has 1 atom stereocenters. The molecule has 134 valence electrons. The minimum Gasteiger partial charge on any atom is -0.494 e. The van der Waals surface area contributed by atoms with E-state index in [0.717, 1.165) is 43.3 Å². The number of hydrogen-bond acceptors (Lipinski definition) is 3. The molecule has 0 aromatic heterocycles. The molecule has 4 nitrogen and oxygen atoms in total. The van der Waals surface area contributed by atoms with Crippen molar-refractivity contribution in [3.05, 3.63) is 29.3 Å². The van der Waals surface area contributed by atoms with Crippen molar-refractivity contribution in [2.24, 2.45) is 0 Å². The van der Waals surface area contributed by atoms with Crippen LogP contribution < -0.4 is 10.1 Å². The third-order valence-electron chi connectivity index (χ3n) is 4.84. The van der Waals surface area contributed by atoms with Crippen LogP contribution in [-0.2, 0) is 0 Å². The average Bonchev–Trinajstić information content (AvgIpc) is 2.58. The van der Waals surface area contributed by atoms with Crippen molar-refractivity contribution >= 4 is 5.91 Å². The van der Waals surface area contributed by atoms with Crippen LogP contribution in [0.5, 0.6) is 5.75 Å². The molecular formula is C20H32N2O2. The standard InChI is InChI=1S/C20H32N2O2/c1-4-24-19-11-10-18(15-16(19)2)20(23)21-12-6-8-14-22-13-7-5-9-17(22)3/h10-11,15,17H,4-9,12-14H2,1-3H3,(H,21,23). The molecule has 1 fully saturated rings. The van der Waals surface area contributed by atoms with Crippen molar-refractivity contribution < 1.29 is 9.53 Å². The van der Waals surface area contributed by atoms with Gasteiger partial charge in [0.05, 0.1) is 6.61 Å². The molecule has 0 saturated carbocycles. The molecule has 1 heterocycles. The molecule has 1 aliphatic heterocycles. The van der Waals surface area contributed by atoms with Gasteiger partial charge >= 0.3 is 0 Å². The smallest absolute Gasteiger partial charge is 0.251 e. The van der Waals surface area contributed by atoms with E-state index >= 15 is 0 Å². The number of nitrogens with one attached hydrogen (secondary N) is 1. The molecule has 24 heavy (non-hydrogen) atoms. The Kier molecular flexibility index (Phi) is 7.57. The molecule has 1 aliphatic rings. The van der Waals surface area contributed by atoms with E-state index in [4.69, 9.17) is 4.74 Å². The summed E-state index contributed by atoms with van der Waals surface area (Å²) >= 11 is 0. The third kappa shape index (κ3) is 5.52. The molecule has 1 amide bonds. The van der Waals surface area contributed by atoms with Gasteiger partial charge in [0.2, 0.25) is 0 Å². The predicted molar refractivity (Wildman–Crippen MR) is 98.8 cm³/mol. The molecule has 0 bridgehead atoms. The normalized spacial score (nSPS) is 18.4. The number of aryl methyl sites for hydroxylation is 1. The van der Waals surface area contributed by atoms with Crippen molar-refractivity contribution in [3.63, 3.8) is 0 Å². The van der Waals surface area contributed by atoms with Crippen molar-refractivity contribution in [1.82, 2.24) is 10.2 Å². The Morgan fingerprint density at radius 3 is 2.88 bits per heavy atom. The minimum atomic E-state index is 0.00693. The van der Waals surface area contributed by atoms with Crippen LogP contribution in [0, 0.1) is 6.92 Å². The number of piperidine rings is 1. The monoisotopic (exact) mass is 332 g/mol. The SMILES string of the molecule is CCOc1ccc(C(=O)NCCCCN2CCCCC2C)cc1C. The summed E-state index contributed by atoms with van der Waals surface area (Å²) in [5.41, 5.74) is 1.71. The number of likely N-dealkylation sites (tertiary alicyclic amines) is 1. The van der Waals surface area contributed by atoms with Gasteiger partial charge in [-0.2, -0.15) is 0 Å². The fourth-order valence-electron chi connectivity index (χ4n) is 3.34. The molecule has 1 aromatic carbocycles. The largest absolute Gasteiger partial charge is 0.494 e. The highest BCUT2D eigenvalue weighted by atomic mass is 16.5. The summed E-state index contributed by atoms with van der Waals surface area (Å²) in [7, 11) is 0. The first kappa shape index (κ1) is 18.8. The molecule has 2 rings (SSSR count). The van der Waals surface area contributed by atoms with Crippen LogP contribution in [0.4, 0.5) is 0 Å². The zero-order valence-electron chi connectivity index (χ0n) is 15.4. The van der Waals surface area contributed by atoms with Crippen LogP contribution in [-0.4, -0.2) is 43.1 Å². The van der Waals surface area contributed by atoms with Gasteiger partial charge in [-0.05, 0) is 83.3 Å². The Bertz CT molecular complexity index is 530. The van der Waals surface area contributed by atoms with Gasteiger partial charge in [0.15, 0.2) is 0 Å². The van der Waals surface area contributed by atoms with Gasteiger partial charge in [0.1, 0.15) is 5.75 Å². The van der Waals surface area contributed by atoms with E-state index in [1.807, 2.05) is 32.0 Å². The van der Waals surface area contributed by atoms with Gasteiger partial charge in [-0.25, -0.2) is 0 Å². The number of carbonyl (C=O) groups is 1. The highest BCUT2D eigenvalue weighted by Crippen LogP contribution is 2.19. The molecule has 1 saturated heterocycles. The quantitative estimate of drug-likeness (QED) is 0.737. The van der Waals surface area contributed by atoms with Crippen molar-refractivity contribution in [1.29, 1.82) is 0 Å². The van der Waals surface area contributed by atoms with E-state index in [-0.39, 0.29) is 5.91 Å². The first-order valence-corrected chi connectivity index (χ1v) is 9.37. The van der Waals surface area contributed by atoms with Crippen LogP contribution in [0.25, 0.3) is 0 Å². The second kappa shape index (κ2) is 9.67. The summed E-state index contributed by atoms with van der Waals surface area (Å²) in [4.78, 5) is 14.8. The van der Waals surface area contributed by atoms with Crippen molar-refractivity contribution in [2.75, 3.05) is 26.2 Å². The number of benzene rings is 1. The Morgan fingerprint density at radius 1 is 1.33 bits per heavy atom. The van der Waals surface area contributed by atoms with Gasteiger partial charge in [0, 0.05) is 18.2 Å². The second-order valence-electron chi connectivity index (χ2n) is 6.76. The molecule has 1 aromatic rings. The molecule has 1 unspecified atom stereocenters. The second-order valence-corrected chi connectivity index (χ2v) is 6.76. The summed E-state index contributed by atoms with van der Waals surface area (Å²) in [6, 6.07) is 6.34. The zero-order chi connectivity index (χ0) is 17.4. The predicted octanol–water partition coefficient (Wildman–Crippen LogP) is 3.78. The maximum atomic E-state index is 12.2. The Labute approximate surface area is 146 Å². The third-order valence-corrected chi connectivity index (χ3v) is 4.84. The van der Waals surface area contributed by atoms with Gasteiger partial charge in [-0.3, -0.25) is 4.79 Å². The van der Waals surface area contributed by atoms with Crippen LogP contribution in [0.2, 0.25) is 0 Å². The number of rotatable bonds is 8. The van der Waals surface area contributed by atoms with E-state index in [1.54, 1.807) is 0 Å². The molecule has 4 heteroatoms. The fraction of sp³-hybridized carbons (Fsp3) is 0.650. The molecular weight excluding hydrogens is 300 g/mol. The van der Waals surface area contributed by atoms with E-state index in [1.165, 1.54) is 25.8 Å². The summed E-state index contributed by atoms with van der Waals surface area (Å²) in [6.07, 6.45) is 6.21. The average molecular weight is 332 g/mol. The van der Waals surface area contributed by atoms with E-state index in [0.29, 0.717) is 12.2 Å². The summed E-state index contributed by atoms with van der Waals surface area (Å²) in [6.45, 7) is 10.0. The van der Waals surface area contributed by atoms with Crippen molar-refractivity contribution in [3.8, 4) is 5.75 Å². The first-order chi connectivity index (χ1) is 11.6. The number of ether oxygens (including phenoxy) is 1. The van der Waals surface area contributed by atoms with E-state index in [9.17, 15) is 4.79 Å². The lowest BCUT2D eigenvalue weighted by Crippen LogP contribution is -2.38. The van der Waals surface area contributed by atoms with Crippen LogP contribution in [0.15, 0.2) is 18.2 Å². The Morgan fingerprint density at radius 2 is 2.17 bits per heavy atom. The number of carbonyl (C=O) groups excluding carboxylic acids is 1. The lowest BCUT2D eigenvalue weighted by atomic mass is 10.0. The first-order valence-electron chi connectivity index (χ1n) is 9.37. The van der Waals surface area contributed by atoms with Crippen LogP contribution in [0.3, 0.4) is 0 Å². The maximum absolute atomic E-state index is 12.2. The van der Waals surface area contributed by atoms with Crippen molar-refractivity contribution in [2.45, 2.75) is 58.9 Å². The topological polar surface area (TPSA) is 41.6 Å².